The smallest absolute Gasteiger partial charge is 0.435 e. The van der Waals surface area contributed by atoms with E-state index in [-0.39, 0.29) is 29.3 Å². The van der Waals surface area contributed by atoms with Crippen molar-refractivity contribution in [2.75, 3.05) is 6.61 Å². The zero-order valence-corrected chi connectivity index (χ0v) is 11.9. The van der Waals surface area contributed by atoms with Crippen LogP contribution >= 0.6 is 0 Å². The maximum Gasteiger partial charge on any atom is 0.435 e. The summed E-state index contributed by atoms with van der Waals surface area (Å²) in [5.41, 5.74) is -0.959. The highest BCUT2D eigenvalue weighted by atomic mass is 19.4. The molecule has 1 N–H and O–H groups in total. The van der Waals surface area contributed by atoms with Gasteiger partial charge in [0, 0.05) is 5.69 Å². The van der Waals surface area contributed by atoms with E-state index < -0.39 is 24.3 Å². The number of aliphatic hydroxyl groups excluding tert-OH is 1. The number of nitrogens with zero attached hydrogens (tertiary/aromatic N) is 2. The van der Waals surface area contributed by atoms with E-state index in [1.54, 1.807) is 6.92 Å². The fraction of sp³-hybridized carbons (Fsp3) is 0.357. The van der Waals surface area contributed by atoms with E-state index in [1.165, 1.54) is 13.0 Å². The average molecular weight is 318 g/mol. The van der Waals surface area contributed by atoms with Gasteiger partial charge in [-0.3, -0.25) is 0 Å². The Hall–Kier alpha value is -2.09. The topological polar surface area (TPSA) is 47.3 Å². The Balaban J connectivity index is 2.64. The summed E-state index contributed by atoms with van der Waals surface area (Å²) in [4.78, 5) is 0. The minimum absolute atomic E-state index is 0.0199. The zero-order valence-electron chi connectivity index (χ0n) is 11.9. The Morgan fingerprint density at radius 2 is 1.95 bits per heavy atom. The molecule has 0 unspecified atom stereocenters. The van der Waals surface area contributed by atoms with Gasteiger partial charge in [-0.2, -0.15) is 18.3 Å². The molecule has 8 heteroatoms. The van der Waals surface area contributed by atoms with Crippen molar-refractivity contribution in [3.63, 3.8) is 0 Å². The van der Waals surface area contributed by atoms with Gasteiger partial charge < -0.3 is 9.84 Å². The first-order valence-electron chi connectivity index (χ1n) is 6.48. The largest absolute Gasteiger partial charge is 0.491 e. The lowest BCUT2D eigenvalue weighted by Gasteiger charge is -2.14. The SMILES string of the molecule is CCOc1cc(CO)cc(F)c1-n1nc(C(F)(F)F)cc1C. The summed E-state index contributed by atoms with van der Waals surface area (Å²) < 4.78 is 58.6. The van der Waals surface area contributed by atoms with Crippen molar-refractivity contribution in [3.8, 4) is 11.4 Å². The predicted molar refractivity (Wildman–Crippen MR) is 70.4 cm³/mol. The molecule has 0 aliphatic rings. The second-order valence-electron chi connectivity index (χ2n) is 4.60. The van der Waals surface area contributed by atoms with Crippen molar-refractivity contribution < 1.29 is 27.4 Å². The van der Waals surface area contributed by atoms with E-state index in [1.807, 2.05) is 0 Å². The lowest BCUT2D eigenvalue weighted by Crippen LogP contribution is -2.10. The van der Waals surface area contributed by atoms with Crippen molar-refractivity contribution in [1.29, 1.82) is 0 Å². The normalized spacial score (nSPS) is 11.8. The second kappa shape index (κ2) is 5.96. The van der Waals surface area contributed by atoms with E-state index in [0.29, 0.717) is 0 Å². The van der Waals surface area contributed by atoms with Crippen LogP contribution in [0.2, 0.25) is 0 Å². The van der Waals surface area contributed by atoms with Crippen molar-refractivity contribution in [2.24, 2.45) is 0 Å². The van der Waals surface area contributed by atoms with Gasteiger partial charge in [0.1, 0.15) is 11.4 Å². The number of benzene rings is 1. The number of ether oxygens (including phenoxy) is 1. The molecular formula is C14H14F4N2O2. The van der Waals surface area contributed by atoms with Crippen LogP contribution < -0.4 is 4.74 Å². The van der Waals surface area contributed by atoms with Gasteiger partial charge in [0.25, 0.3) is 0 Å². The summed E-state index contributed by atoms with van der Waals surface area (Å²) in [6.07, 6.45) is -4.62. The van der Waals surface area contributed by atoms with Gasteiger partial charge in [-0.15, -0.1) is 0 Å². The average Bonchev–Trinajstić information content (AvgIpc) is 2.80. The van der Waals surface area contributed by atoms with Gasteiger partial charge in [0.05, 0.1) is 13.2 Å². The molecule has 0 aliphatic carbocycles. The number of rotatable bonds is 4. The molecule has 22 heavy (non-hydrogen) atoms. The molecule has 0 atom stereocenters. The molecule has 4 nitrogen and oxygen atoms in total. The third-order valence-corrected chi connectivity index (χ3v) is 2.96. The van der Waals surface area contributed by atoms with Gasteiger partial charge in [-0.25, -0.2) is 9.07 Å². The van der Waals surface area contributed by atoms with E-state index in [4.69, 9.17) is 9.84 Å². The Morgan fingerprint density at radius 1 is 1.27 bits per heavy atom. The quantitative estimate of drug-likeness (QED) is 0.881. The fourth-order valence-corrected chi connectivity index (χ4v) is 2.03. The molecule has 0 aliphatic heterocycles. The molecule has 120 valence electrons. The highest BCUT2D eigenvalue weighted by molar-refractivity contribution is 5.50. The molecule has 0 radical (unpaired) electrons. The van der Waals surface area contributed by atoms with Crippen LogP contribution in [0.4, 0.5) is 17.6 Å². The lowest BCUT2D eigenvalue weighted by atomic mass is 10.2. The van der Waals surface area contributed by atoms with E-state index >= 15 is 0 Å². The van der Waals surface area contributed by atoms with Crippen molar-refractivity contribution in [1.82, 2.24) is 9.78 Å². The van der Waals surface area contributed by atoms with Gasteiger partial charge in [0.15, 0.2) is 11.5 Å². The Bertz CT molecular complexity index is 680. The molecule has 0 bridgehead atoms. The third kappa shape index (κ3) is 3.06. The lowest BCUT2D eigenvalue weighted by molar-refractivity contribution is -0.141. The molecule has 2 rings (SSSR count). The summed E-state index contributed by atoms with van der Waals surface area (Å²) in [5.74, 6) is -0.804. The van der Waals surface area contributed by atoms with Crippen LogP contribution in [0, 0.1) is 12.7 Å². The fourth-order valence-electron chi connectivity index (χ4n) is 2.03. The summed E-state index contributed by atoms with van der Waals surface area (Å²) in [5, 5.41) is 12.5. The number of aliphatic hydroxyl groups is 1. The standard InChI is InChI=1S/C14H14F4N2O2/c1-3-22-11-6-9(7-21)5-10(15)13(11)20-8(2)4-12(19-20)14(16,17)18/h4-6,21H,3,7H2,1-2H3. The van der Waals surface area contributed by atoms with Crippen LogP contribution in [0.1, 0.15) is 23.9 Å². The zero-order chi connectivity index (χ0) is 16.5. The summed E-state index contributed by atoms with van der Waals surface area (Å²) in [7, 11) is 0. The highest BCUT2D eigenvalue weighted by Crippen LogP contribution is 2.33. The van der Waals surface area contributed by atoms with Gasteiger partial charge in [-0.1, -0.05) is 0 Å². The Kier molecular flexibility index (Phi) is 4.41. The summed E-state index contributed by atoms with van der Waals surface area (Å²) in [6, 6.07) is 3.23. The molecule has 0 spiro atoms. The first-order chi connectivity index (χ1) is 10.3. The molecule has 0 saturated carbocycles. The predicted octanol–water partition coefficient (Wildman–Crippen LogP) is 3.23. The van der Waals surface area contributed by atoms with Crippen LogP contribution in [0.5, 0.6) is 5.75 Å². The second-order valence-corrected chi connectivity index (χ2v) is 4.60. The maximum atomic E-state index is 14.3. The van der Waals surface area contributed by atoms with Crippen molar-refractivity contribution >= 4 is 0 Å². The van der Waals surface area contributed by atoms with Crippen LogP contribution in [-0.2, 0) is 12.8 Å². The minimum Gasteiger partial charge on any atom is -0.491 e. The number of alkyl halides is 3. The Labute approximate surface area is 123 Å². The number of hydrogen-bond acceptors (Lipinski definition) is 3. The Morgan fingerprint density at radius 3 is 2.45 bits per heavy atom. The first kappa shape index (κ1) is 16.3. The molecule has 1 aromatic carbocycles. The summed E-state index contributed by atoms with van der Waals surface area (Å²) in [6.45, 7) is 2.82. The number of hydrogen-bond donors (Lipinski definition) is 1. The van der Waals surface area contributed by atoms with Crippen molar-refractivity contribution in [2.45, 2.75) is 26.6 Å². The van der Waals surface area contributed by atoms with Gasteiger partial charge >= 0.3 is 6.18 Å². The maximum absolute atomic E-state index is 14.3. The van der Waals surface area contributed by atoms with Crippen LogP contribution in [-0.4, -0.2) is 21.5 Å². The van der Waals surface area contributed by atoms with Gasteiger partial charge in [0.2, 0.25) is 0 Å². The first-order valence-corrected chi connectivity index (χ1v) is 6.48. The minimum atomic E-state index is -4.62. The molecule has 2 aromatic rings. The molecule has 0 fully saturated rings. The number of halogens is 4. The molecule has 1 aromatic heterocycles. The number of aromatic nitrogens is 2. The van der Waals surface area contributed by atoms with Crippen LogP contribution in [0.3, 0.4) is 0 Å². The van der Waals surface area contributed by atoms with Crippen molar-refractivity contribution in [3.05, 3.63) is 41.0 Å². The molecule has 0 saturated heterocycles. The highest BCUT2D eigenvalue weighted by Gasteiger charge is 2.35. The molecule has 1 heterocycles. The van der Waals surface area contributed by atoms with E-state index in [9.17, 15) is 17.6 Å². The van der Waals surface area contributed by atoms with Gasteiger partial charge in [-0.05, 0) is 37.6 Å². The van der Waals surface area contributed by atoms with E-state index in [0.717, 1.165) is 16.8 Å². The third-order valence-electron chi connectivity index (χ3n) is 2.96. The number of aryl methyl sites for hydroxylation is 1. The molecular weight excluding hydrogens is 304 g/mol. The summed E-state index contributed by atoms with van der Waals surface area (Å²) >= 11 is 0. The van der Waals surface area contributed by atoms with Crippen LogP contribution in [0.15, 0.2) is 18.2 Å². The molecule has 0 amide bonds. The van der Waals surface area contributed by atoms with E-state index in [2.05, 4.69) is 5.10 Å². The monoisotopic (exact) mass is 318 g/mol. The van der Waals surface area contributed by atoms with Crippen LogP contribution in [0.25, 0.3) is 5.69 Å².